The second-order valence-electron chi connectivity index (χ2n) is 4.18. The first-order valence-corrected chi connectivity index (χ1v) is 7.14. The lowest BCUT2D eigenvalue weighted by Crippen LogP contribution is -2.38. The van der Waals surface area contributed by atoms with Gasteiger partial charge in [0, 0.05) is 47.6 Å². The molecule has 0 bridgehead atoms. The van der Waals surface area contributed by atoms with Crippen molar-refractivity contribution in [1.82, 2.24) is 4.90 Å². The molecule has 0 amide bonds. The molecule has 0 saturated carbocycles. The molecule has 0 unspecified atom stereocenters. The summed E-state index contributed by atoms with van der Waals surface area (Å²) in [7, 11) is -0.570. The molecule has 0 spiro atoms. The molecule has 2 rings (SSSR count). The number of anilines is 1. The molecule has 1 saturated heterocycles. The molecule has 1 aliphatic heterocycles. The SMILES string of the molecule is Nc1ccc(CCN2CCS(=O)CC2)cc1. The van der Waals surface area contributed by atoms with Gasteiger partial charge in [-0.2, -0.15) is 0 Å². The van der Waals surface area contributed by atoms with E-state index in [1.54, 1.807) is 0 Å². The maximum absolute atomic E-state index is 11.2. The van der Waals surface area contributed by atoms with Crippen molar-refractivity contribution in [2.45, 2.75) is 6.42 Å². The molecule has 2 N–H and O–H groups in total. The van der Waals surface area contributed by atoms with Crippen LogP contribution < -0.4 is 5.73 Å². The van der Waals surface area contributed by atoms with Gasteiger partial charge in [-0.1, -0.05) is 12.1 Å². The van der Waals surface area contributed by atoms with Crippen LogP contribution in [-0.2, 0) is 17.2 Å². The Morgan fingerprint density at radius 3 is 2.44 bits per heavy atom. The molecule has 3 nitrogen and oxygen atoms in total. The largest absolute Gasteiger partial charge is 0.399 e. The van der Waals surface area contributed by atoms with E-state index in [1.165, 1.54) is 5.56 Å². The zero-order valence-electron chi connectivity index (χ0n) is 9.39. The zero-order chi connectivity index (χ0) is 11.4. The summed E-state index contributed by atoms with van der Waals surface area (Å²) >= 11 is 0. The Bertz CT molecular complexity index is 354. The number of nitrogen functional groups attached to an aromatic ring is 1. The number of rotatable bonds is 3. The molecule has 88 valence electrons. The fraction of sp³-hybridized carbons (Fsp3) is 0.500. The number of nitrogens with zero attached hydrogens (tertiary/aromatic N) is 1. The van der Waals surface area contributed by atoms with Crippen LogP contribution in [0.2, 0.25) is 0 Å². The van der Waals surface area contributed by atoms with Crippen molar-refractivity contribution in [3.05, 3.63) is 29.8 Å². The van der Waals surface area contributed by atoms with Crippen molar-refractivity contribution in [2.24, 2.45) is 0 Å². The van der Waals surface area contributed by atoms with Gasteiger partial charge in [-0.3, -0.25) is 4.21 Å². The fourth-order valence-electron chi connectivity index (χ4n) is 1.87. The minimum atomic E-state index is -0.570. The van der Waals surface area contributed by atoms with Gasteiger partial charge in [0.1, 0.15) is 0 Å². The molecule has 1 aromatic rings. The van der Waals surface area contributed by atoms with Crippen LogP contribution in [0.4, 0.5) is 5.69 Å². The summed E-state index contributed by atoms with van der Waals surface area (Å²) in [6, 6.07) is 8.05. The Hall–Kier alpha value is -0.870. The number of benzene rings is 1. The van der Waals surface area contributed by atoms with Gasteiger partial charge >= 0.3 is 0 Å². The van der Waals surface area contributed by atoms with Gasteiger partial charge in [-0.05, 0) is 24.1 Å². The van der Waals surface area contributed by atoms with Crippen LogP contribution in [0.25, 0.3) is 0 Å². The molecule has 1 heterocycles. The third kappa shape index (κ3) is 3.32. The van der Waals surface area contributed by atoms with Gasteiger partial charge in [-0.25, -0.2) is 0 Å². The Balaban J connectivity index is 1.79. The molecule has 0 aliphatic carbocycles. The molecule has 4 heteroatoms. The summed E-state index contributed by atoms with van der Waals surface area (Å²) in [5.74, 6) is 1.67. The van der Waals surface area contributed by atoms with Crippen LogP contribution in [0.5, 0.6) is 0 Å². The van der Waals surface area contributed by atoms with Crippen LogP contribution in [0.15, 0.2) is 24.3 Å². The third-order valence-electron chi connectivity index (χ3n) is 2.97. The van der Waals surface area contributed by atoms with Gasteiger partial charge in [-0.15, -0.1) is 0 Å². The Morgan fingerprint density at radius 1 is 1.19 bits per heavy atom. The minimum Gasteiger partial charge on any atom is -0.399 e. The van der Waals surface area contributed by atoms with Crippen LogP contribution in [0, 0.1) is 0 Å². The van der Waals surface area contributed by atoms with Crippen molar-refractivity contribution in [1.29, 1.82) is 0 Å². The van der Waals surface area contributed by atoms with E-state index < -0.39 is 10.8 Å². The molecule has 0 aromatic heterocycles. The smallest absolute Gasteiger partial charge is 0.0363 e. The summed E-state index contributed by atoms with van der Waals surface area (Å²) in [6.45, 7) is 3.00. The number of hydrogen-bond donors (Lipinski definition) is 1. The van der Waals surface area contributed by atoms with Gasteiger partial charge in [0.05, 0.1) is 0 Å². The molecule has 16 heavy (non-hydrogen) atoms. The molecule has 1 fully saturated rings. The quantitative estimate of drug-likeness (QED) is 0.795. The minimum absolute atomic E-state index is 0.570. The first-order chi connectivity index (χ1) is 7.74. The van der Waals surface area contributed by atoms with Crippen LogP contribution in [-0.4, -0.2) is 40.2 Å². The van der Waals surface area contributed by atoms with Crippen molar-refractivity contribution in [3.8, 4) is 0 Å². The van der Waals surface area contributed by atoms with E-state index >= 15 is 0 Å². The third-order valence-corrected chi connectivity index (χ3v) is 4.24. The molecule has 1 aliphatic rings. The molecule has 1 aromatic carbocycles. The van der Waals surface area contributed by atoms with Gasteiger partial charge in [0.2, 0.25) is 0 Å². The van der Waals surface area contributed by atoms with Gasteiger partial charge in [0.15, 0.2) is 0 Å². The number of nitrogens with two attached hydrogens (primary N) is 1. The monoisotopic (exact) mass is 238 g/mol. The van der Waals surface area contributed by atoms with E-state index in [0.29, 0.717) is 0 Å². The Morgan fingerprint density at radius 2 is 1.81 bits per heavy atom. The average Bonchev–Trinajstić information content (AvgIpc) is 2.30. The maximum Gasteiger partial charge on any atom is 0.0363 e. The second kappa shape index (κ2) is 5.46. The predicted molar refractivity (Wildman–Crippen MR) is 68.9 cm³/mol. The summed E-state index contributed by atoms with van der Waals surface area (Å²) in [5, 5.41) is 0. The highest BCUT2D eigenvalue weighted by Crippen LogP contribution is 2.08. The second-order valence-corrected chi connectivity index (χ2v) is 5.88. The van der Waals surface area contributed by atoms with E-state index in [1.807, 2.05) is 12.1 Å². The van der Waals surface area contributed by atoms with Crippen LogP contribution >= 0.6 is 0 Å². The lowest BCUT2D eigenvalue weighted by Gasteiger charge is -2.25. The van der Waals surface area contributed by atoms with Crippen LogP contribution in [0.1, 0.15) is 5.56 Å². The summed E-state index contributed by atoms with van der Waals surface area (Å²) in [4.78, 5) is 2.39. The summed E-state index contributed by atoms with van der Waals surface area (Å²) in [6.07, 6.45) is 1.05. The highest BCUT2D eigenvalue weighted by molar-refractivity contribution is 7.85. The lowest BCUT2D eigenvalue weighted by atomic mass is 10.1. The normalized spacial score (nSPS) is 18.8. The van der Waals surface area contributed by atoms with E-state index in [9.17, 15) is 4.21 Å². The summed E-state index contributed by atoms with van der Waals surface area (Å²) in [5.41, 5.74) is 7.77. The Labute approximate surface area is 99.1 Å². The molecular formula is C12H18N2OS. The predicted octanol–water partition coefficient (Wildman–Crippen LogP) is 0.876. The van der Waals surface area contributed by atoms with Crippen LogP contribution in [0.3, 0.4) is 0 Å². The van der Waals surface area contributed by atoms with E-state index in [0.717, 1.165) is 43.2 Å². The first-order valence-electron chi connectivity index (χ1n) is 5.66. The van der Waals surface area contributed by atoms with Crippen molar-refractivity contribution in [3.63, 3.8) is 0 Å². The van der Waals surface area contributed by atoms with E-state index in [-0.39, 0.29) is 0 Å². The van der Waals surface area contributed by atoms with E-state index in [2.05, 4.69) is 17.0 Å². The standard InChI is InChI=1S/C12H18N2OS/c13-12-3-1-11(2-4-12)5-6-14-7-9-16(15)10-8-14/h1-4H,5-10,13H2. The Kier molecular flexibility index (Phi) is 3.96. The van der Waals surface area contributed by atoms with Gasteiger partial charge in [0.25, 0.3) is 0 Å². The maximum atomic E-state index is 11.2. The van der Waals surface area contributed by atoms with E-state index in [4.69, 9.17) is 5.73 Å². The topological polar surface area (TPSA) is 46.3 Å². The fourth-order valence-corrected chi connectivity index (χ4v) is 3.00. The highest BCUT2D eigenvalue weighted by atomic mass is 32.2. The summed E-state index contributed by atoms with van der Waals surface area (Å²) < 4.78 is 11.2. The number of hydrogen-bond acceptors (Lipinski definition) is 3. The molecule has 0 radical (unpaired) electrons. The van der Waals surface area contributed by atoms with Gasteiger partial charge < -0.3 is 10.6 Å². The average molecular weight is 238 g/mol. The van der Waals surface area contributed by atoms with Crippen molar-refractivity contribution in [2.75, 3.05) is 36.9 Å². The highest BCUT2D eigenvalue weighted by Gasteiger charge is 2.14. The zero-order valence-corrected chi connectivity index (χ0v) is 10.2. The van der Waals surface area contributed by atoms with Crippen molar-refractivity contribution < 1.29 is 4.21 Å². The molecular weight excluding hydrogens is 220 g/mol. The van der Waals surface area contributed by atoms with Crippen molar-refractivity contribution >= 4 is 16.5 Å². The lowest BCUT2D eigenvalue weighted by molar-refractivity contribution is 0.303. The molecule has 0 atom stereocenters. The first kappa shape index (κ1) is 11.6.